The minimum Gasteiger partial charge on any atom is -0.497 e. The molecule has 1 heterocycles. The van der Waals surface area contributed by atoms with E-state index in [0.29, 0.717) is 28.7 Å². The molecule has 0 radical (unpaired) electrons. The van der Waals surface area contributed by atoms with Crippen LogP contribution in [-0.4, -0.2) is 33.8 Å². The summed E-state index contributed by atoms with van der Waals surface area (Å²) in [5.74, 6) is 0.579. The summed E-state index contributed by atoms with van der Waals surface area (Å²) in [5.41, 5.74) is 0.861. The molecule has 0 unspecified atom stereocenters. The van der Waals surface area contributed by atoms with Crippen molar-refractivity contribution in [1.82, 2.24) is 4.57 Å². The molecule has 3 aromatic rings. The second-order valence-electron chi connectivity index (χ2n) is 5.38. The molecule has 0 aliphatic rings. The monoisotopic (exact) mass is 412 g/mol. The number of nitrogens with zero attached hydrogens (tertiary/aromatic N) is 2. The molecule has 0 saturated heterocycles. The summed E-state index contributed by atoms with van der Waals surface area (Å²) in [7, 11) is -0.741. The Balaban J connectivity index is 2.15. The summed E-state index contributed by atoms with van der Waals surface area (Å²) in [6.45, 7) is 0.916. The fraction of sp³-hybridized carbons (Fsp3) is 0.235. The second-order valence-corrected chi connectivity index (χ2v) is 8.43. The maximum atomic E-state index is 12.7. The molecule has 138 valence electrons. The Bertz CT molecular complexity index is 1090. The lowest BCUT2D eigenvalue weighted by Crippen LogP contribution is -2.19. The summed E-state index contributed by atoms with van der Waals surface area (Å²) in [4.78, 5) is 0.474. The third-order valence-electron chi connectivity index (χ3n) is 3.72. The third kappa shape index (κ3) is 3.93. The van der Waals surface area contributed by atoms with Crippen LogP contribution in [0.5, 0.6) is 5.75 Å². The molecule has 0 amide bonds. The molecular weight excluding hydrogens is 396 g/mol. The molecule has 0 bridgehead atoms. The number of hydrogen-bond acceptors (Lipinski definition) is 5. The van der Waals surface area contributed by atoms with E-state index in [9.17, 15) is 8.42 Å². The van der Waals surface area contributed by atoms with Gasteiger partial charge in [-0.3, -0.25) is 0 Å². The second kappa shape index (κ2) is 7.79. The first-order valence-electron chi connectivity index (χ1n) is 7.67. The van der Waals surface area contributed by atoms with Gasteiger partial charge in [-0.25, -0.2) is 0 Å². The van der Waals surface area contributed by atoms with Crippen LogP contribution in [0, 0.1) is 0 Å². The van der Waals surface area contributed by atoms with E-state index in [-0.39, 0.29) is 4.90 Å². The summed E-state index contributed by atoms with van der Waals surface area (Å²) < 4.78 is 42.3. The first kappa shape index (κ1) is 18.9. The maximum Gasteiger partial charge on any atom is 0.285 e. The van der Waals surface area contributed by atoms with Crippen molar-refractivity contribution >= 4 is 43.2 Å². The van der Waals surface area contributed by atoms with Crippen LogP contribution in [0.25, 0.3) is 10.2 Å². The highest BCUT2D eigenvalue weighted by atomic mass is 35.5. The highest BCUT2D eigenvalue weighted by molar-refractivity contribution is 7.90. The van der Waals surface area contributed by atoms with Gasteiger partial charge in [0.2, 0.25) is 4.80 Å². The number of thiazole rings is 1. The molecule has 0 spiro atoms. The molecule has 0 atom stereocenters. The molecule has 0 aliphatic carbocycles. The predicted molar refractivity (Wildman–Crippen MR) is 102 cm³/mol. The first-order chi connectivity index (χ1) is 12.4. The lowest BCUT2D eigenvalue weighted by Gasteiger charge is -2.05. The van der Waals surface area contributed by atoms with Crippen LogP contribution in [0.2, 0.25) is 5.02 Å². The van der Waals surface area contributed by atoms with E-state index < -0.39 is 10.0 Å². The zero-order valence-corrected chi connectivity index (χ0v) is 16.6. The van der Waals surface area contributed by atoms with E-state index in [2.05, 4.69) is 4.40 Å². The van der Waals surface area contributed by atoms with Crippen molar-refractivity contribution in [3.05, 3.63) is 52.3 Å². The van der Waals surface area contributed by atoms with Gasteiger partial charge in [0.05, 0.1) is 28.8 Å². The molecule has 2 aromatic carbocycles. The average Bonchev–Trinajstić information content (AvgIpc) is 2.95. The standard InChI is InChI=1S/C17H17ClN2O4S2/c1-23-10-9-20-15-8-3-12(18)11-16(15)25-17(20)19-26(21,22)14-6-4-13(24-2)5-7-14/h3-8,11H,9-10H2,1-2H3. The molecule has 9 heteroatoms. The normalized spacial score (nSPS) is 12.7. The van der Waals surface area contributed by atoms with Crippen molar-refractivity contribution in [3.8, 4) is 5.75 Å². The van der Waals surface area contributed by atoms with Crippen LogP contribution < -0.4 is 9.54 Å². The summed E-state index contributed by atoms with van der Waals surface area (Å²) in [6, 6.07) is 11.5. The van der Waals surface area contributed by atoms with E-state index in [0.717, 1.165) is 10.2 Å². The van der Waals surface area contributed by atoms with E-state index in [1.807, 2.05) is 10.6 Å². The minimum atomic E-state index is -3.86. The number of ether oxygens (including phenoxy) is 2. The van der Waals surface area contributed by atoms with Gasteiger partial charge >= 0.3 is 0 Å². The number of hydrogen-bond donors (Lipinski definition) is 0. The van der Waals surface area contributed by atoms with Crippen LogP contribution in [0.1, 0.15) is 0 Å². The summed E-state index contributed by atoms with van der Waals surface area (Å²) in [6.07, 6.45) is 0. The van der Waals surface area contributed by atoms with Crippen molar-refractivity contribution < 1.29 is 17.9 Å². The smallest absolute Gasteiger partial charge is 0.285 e. The van der Waals surface area contributed by atoms with E-state index in [1.54, 1.807) is 31.4 Å². The molecule has 6 nitrogen and oxygen atoms in total. The van der Waals surface area contributed by atoms with Gasteiger partial charge in [-0.15, -0.1) is 4.40 Å². The number of halogens is 1. The zero-order valence-electron chi connectivity index (χ0n) is 14.2. The van der Waals surface area contributed by atoms with Crippen LogP contribution in [-0.2, 0) is 21.3 Å². The van der Waals surface area contributed by atoms with Crippen LogP contribution in [0.3, 0.4) is 0 Å². The lowest BCUT2D eigenvalue weighted by molar-refractivity contribution is 0.187. The SMILES string of the molecule is COCCn1c(=NS(=O)(=O)c2ccc(OC)cc2)sc2cc(Cl)ccc21. The number of sulfonamides is 1. The molecule has 26 heavy (non-hydrogen) atoms. The molecule has 0 N–H and O–H groups in total. The minimum absolute atomic E-state index is 0.104. The van der Waals surface area contributed by atoms with Gasteiger partial charge in [0.15, 0.2) is 0 Å². The van der Waals surface area contributed by atoms with Gasteiger partial charge in [0, 0.05) is 18.7 Å². The van der Waals surface area contributed by atoms with Crippen molar-refractivity contribution in [1.29, 1.82) is 0 Å². The molecule has 0 aliphatic heterocycles. The number of methoxy groups -OCH3 is 2. The van der Waals surface area contributed by atoms with Crippen molar-refractivity contribution in [2.24, 2.45) is 4.40 Å². The molecule has 0 fully saturated rings. The Morgan fingerprint density at radius 3 is 2.54 bits per heavy atom. The summed E-state index contributed by atoms with van der Waals surface area (Å²) in [5, 5.41) is 0.585. The lowest BCUT2D eigenvalue weighted by atomic mass is 10.3. The van der Waals surface area contributed by atoms with Crippen molar-refractivity contribution in [2.75, 3.05) is 20.8 Å². The third-order valence-corrected chi connectivity index (χ3v) is 6.39. The van der Waals surface area contributed by atoms with Crippen molar-refractivity contribution in [2.45, 2.75) is 11.4 Å². The Kier molecular flexibility index (Phi) is 5.67. The van der Waals surface area contributed by atoms with Crippen molar-refractivity contribution in [3.63, 3.8) is 0 Å². The zero-order chi connectivity index (χ0) is 18.7. The Morgan fingerprint density at radius 2 is 1.88 bits per heavy atom. The molecule has 1 aromatic heterocycles. The van der Waals surface area contributed by atoms with Crippen LogP contribution in [0.15, 0.2) is 51.8 Å². The van der Waals surface area contributed by atoms with Gasteiger partial charge in [0.25, 0.3) is 10.0 Å². The summed E-state index contributed by atoms with van der Waals surface area (Å²) >= 11 is 7.32. The highest BCUT2D eigenvalue weighted by Crippen LogP contribution is 2.23. The number of aromatic nitrogens is 1. The molecule has 3 rings (SSSR count). The van der Waals surface area contributed by atoms with Gasteiger partial charge in [-0.2, -0.15) is 8.42 Å². The quantitative estimate of drug-likeness (QED) is 0.622. The van der Waals surface area contributed by atoms with Crippen LogP contribution >= 0.6 is 22.9 Å². The van der Waals surface area contributed by atoms with Gasteiger partial charge in [-0.05, 0) is 42.5 Å². The van der Waals surface area contributed by atoms with E-state index in [4.69, 9.17) is 21.1 Å². The molecule has 0 saturated carbocycles. The number of rotatable bonds is 6. The fourth-order valence-corrected chi connectivity index (χ4v) is 4.95. The van der Waals surface area contributed by atoms with Gasteiger partial charge in [-0.1, -0.05) is 22.9 Å². The average molecular weight is 413 g/mol. The van der Waals surface area contributed by atoms with Gasteiger partial charge in [0.1, 0.15) is 5.75 Å². The number of benzene rings is 2. The Labute approximate surface area is 160 Å². The predicted octanol–water partition coefficient (Wildman–Crippen LogP) is 3.30. The largest absolute Gasteiger partial charge is 0.497 e. The topological polar surface area (TPSA) is 69.9 Å². The molecular formula is C17H17ClN2O4S2. The Morgan fingerprint density at radius 1 is 1.15 bits per heavy atom. The Hall–Kier alpha value is -1.87. The van der Waals surface area contributed by atoms with Crippen LogP contribution in [0.4, 0.5) is 0 Å². The number of fused-ring (bicyclic) bond motifs is 1. The fourth-order valence-electron chi connectivity index (χ4n) is 2.42. The van der Waals surface area contributed by atoms with E-state index in [1.165, 1.54) is 30.6 Å². The van der Waals surface area contributed by atoms with Gasteiger partial charge < -0.3 is 14.0 Å². The highest BCUT2D eigenvalue weighted by Gasteiger charge is 2.15. The van der Waals surface area contributed by atoms with E-state index >= 15 is 0 Å². The first-order valence-corrected chi connectivity index (χ1v) is 10.3. The maximum absolute atomic E-state index is 12.7.